The number of para-hydroxylation sites is 1. The van der Waals surface area contributed by atoms with Gasteiger partial charge in [0.25, 0.3) is 0 Å². The van der Waals surface area contributed by atoms with Crippen molar-refractivity contribution in [3.63, 3.8) is 0 Å². The van der Waals surface area contributed by atoms with Crippen LogP contribution in [-0.2, 0) is 0 Å². The molecule has 0 fully saturated rings. The lowest BCUT2D eigenvalue weighted by atomic mass is 10.1. The molecule has 0 aliphatic rings. The molecule has 0 aliphatic carbocycles. The number of benzene rings is 1. The number of nitrogens with two attached hydrogens (primary N) is 1. The maximum Gasteiger partial charge on any atom is 0.193 e. The summed E-state index contributed by atoms with van der Waals surface area (Å²) in [6.07, 6.45) is 0. The Morgan fingerprint density at radius 2 is 1.95 bits per heavy atom. The first-order chi connectivity index (χ1) is 10.7. The fourth-order valence-corrected chi connectivity index (χ4v) is 3.16. The molecule has 0 bridgehead atoms. The average Bonchev–Trinajstić information content (AvgIpc) is 3.06. The summed E-state index contributed by atoms with van der Waals surface area (Å²) < 4.78 is 0. The summed E-state index contributed by atoms with van der Waals surface area (Å²) in [5.41, 5.74) is 8.28. The number of hydrogen-bond donors (Lipinski definition) is 2. The Kier molecular flexibility index (Phi) is 6.43. The molecule has 22 heavy (non-hydrogen) atoms. The van der Waals surface area contributed by atoms with E-state index in [0.717, 1.165) is 18.8 Å². The minimum Gasteiger partial charge on any atom is -0.370 e. The van der Waals surface area contributed by atoms with Gasteiger partial charge >= 0.3 is 0 Å². The molecule has 3 N–H and O–H groups in total. The topological polar surface area (TPSA) is 53.6 Å². The molecule has 1 unspecified atom stereocenters. The molecule has 1 aromatic heterocycles. The summed E-state index contributed by atoms with van der Waals surface area (Å²) >= 11 is 1.72. The third-order valence-corrected chi connectivity index (χ3v) is 4.36. The summed E-state index contributed by atoms with van der Waals surface area (Å²) in [6, 6.07) is 12.3. The number of likely N-dealkylation sites (N-methyl/N-ethyl adjacent to an activating group) is 1. The van der Waals surface area contributed by atoms with E-state index in [2.05, 4.69) is 45.9 Å². The van der Waals surface area contributed by atoms with Gasteiger partial charge in [0.15, 0.2) is 5.96 Å². The number of rotatable bonds is 7. The number of anilines is 1. The predicted octanol–water partition coefficient (Wildman–Crippen LogP) is 3.56. The molecule has 118 valence electrons. The first kappa shape index (κ1) is 16.5. The Labute approximate surface area is 136 Å². The van der Waals surface area contributed by atoms with Gasteiger partial charge in [0, 0.05) is 5.69 Å². The van der Waals surface area contributed by atoms with E-state index in [9.17, 15) is 0 Å². The fraction of sp³-hybridized carbons (Fsp3) is 0.353. The van der Waals surface area contributed by atoms with Crippen molar-refractivity contribution in [2.75, 3.05) is 25.0 Å². The highest BCUT2D eigenvalue weighted by Crippen LogP contribution is 2.23. The Morgan fingerprint density at radius 1 is 1.23 bits per heavy atom. The number of aliphatic imine (C=N–C) groups is 1. The second-order valence-corrected chi connectivity index (χ2v) is 5.79. The number of nitrogens with zero attached hydrogens (tertiary/aromatic N) is 2. The normalized spacial score (nSPS) is 13.3. The SMILES string of the molecule is CCN(CC)C(CN=C(N)Nc1ccccc1)c1ccsc1. The second kappa shape index (κ2) is 8.56. The van der Waals surface area contributed by atoms with Gasteiger partial charge in [-0.3, -0.25) is 9.89 Å². The van der Waals surface area contributed by atoms with E-state index in [1.807, 2.05) is 30.3 Å². The van der Waals surface area contributed by atoms with Gasteiger partial charge in [-0.25, -0.2) is 0 Å². The molecule has 0 saturated carbocycles. The molecule has 0 amide bonds. The van der Waals surface area contributed by atoms with Gasteiger partial charge in [0.1, 0.15) is 0 Å². The number of hydrogen-bond acceptors (Lipinski definition) is 3. The maximum atomic E-state index is 6.01. The van der Waals surface area contributed by atoms with Gasteiger partial charge in [-0.1, -0.05) is 32.0 Å². The summed E-state index contributed by atoms with van der Waals surface area (Å²) in [6.45, 7) is 7.01. The van der Waals surface area contributed by atoms with Crippen molar-refractivity contribution in [1.82, 2.24) is 4.90 Å². The standard InChI is InChI=1S/C17H24N4S/c1-3-21(4-2)16(14-10-11-22-13-14)12-19-17(18)20-15-8-6-5-7-9-15/h5-11,13,16H,3-4,12H2,1-2H3,(H3,18,19,20). The summed E-state index contributed by atoms with van der Waals surface area (Å²) in [5.74, 6) is 0.457. The molecule has 1 aromatic carbocycles. The van der Waals surface area contributed by atoms with Crippen molar-refractivity contribution in [2.24, 2.45) is 10.7 Å². The van der Waals surface area contributed by atoms with E-state index in [-0.39, 0.29) is 6.04 Å². The molecule has 1 heterocycles. The zero-order valence-corrected chi connectivity index (χ0v) is 14.0. The molecule has 0 saturated heterocycles. The van der Waals surface area contributed by atoms with Crippen LogP contribution in [0.4, 0.5) is 5.69 Å². The van der Waals surface area contributed by atoms with E-state index >= 15 is 0 Å². The maximum absolute atomic E-state index is 6.01. The van der Waals surface area contributed by atoms with E-state index in [0.29, 0.717) is 12.5 Å². The van der Waals surface area contributed by atoms with Gasteiger partial charge in [0.2, 0.25) is 0 Å². The van der Waals surface area contributed by atoms with Crippen LogP contribution >= 0.6 is 11.3 Å². The zero-order valence-electron chi connectivity index (χ0n) is 13.2. The Morgan fingerprint density at radius 3 is 2.55 bits per heavy atom. The van der Waals surface area contributed by atoms with Crippen molar-refractivity contribution >= 4 is 23.0 Å². The van der Waals surface area contributed by atoms with Gasteiger partial charge in [-0.2, -0.15) is 11.3 Å². The van der Waals surface area contributed by atoms with Crippen LogP contribution in [0.1, 0.15) is 25.5 Å². The molecule has 0 radical (unpaired) electrons. The lowest BCUT2D eigenvalue weighted by Crippen LogP contribution is -2.31. The lowest BCUT2D eigenvalue weighted by Gasteiger charge is -2.28. The van der Waals surface area contributed by atoms with Crippen LogP contribution < -0.4 is 11.1 Å². The van der Waals surface area contributed by atoms with Crippen LogP contribution in [0.25, 0.3) is 0 Å². The quantitative estimate of drug-likeness (QED) is 0.606. The van der Waals surface area contributed by atoms with Gasteiger partial charge < -0.3 is 11.1 Å². The zero-order chi connectivity index (χ0) is 15.8. The van der Waals surface area contributed by atoms with Crippen molar-refractivity contribution < 1.29 is 0 Å². The number of nitrogens with one attached hydrogen (secondary N) is 1. The predicted molar refractivity (Wildman–Crippen MR) is 96.5 cm³/mol. The third kappa shape index (κ3) is 4.58. The minimum absolute atomic E-state index is 0.275. The molecule has 0 spiro atoms. The molecular formula is C17H24N4S. The first-order valence-corrected chi connectivity index (χ1v) is 8.57. The summed E-state index contributed by atoms with van der Waals surface area (Å²) in [4.78, 5) is 6.94. The van der Waals surface area contributed by atoms with E-state index in [1.165, 1.54) is 5.56 Å². The highest BCUT2D eigenvalue weighted by atomic mass is 32.1. The Bertz CT molecular complexity index is 562. The first-order valence-electron chi connectivity index (χ1n) is 7.62. The van der Waals surface area contributed by atoms with E-state index in [4.69, 9.17) is 5.73 Å². The van der Waals surface area contributed by atoms with Gasteiger partial charge in [-0.05, 0) is 47.6 Å². The van der Waals surface area contributed by atoms with Gasteiger partial charge in [0.05, 0.1) is 12.6 Å². The monoisotopic (exact) mass is 316 g/mol. The van der Waals surface area contributed by atoms with Crippen molar-refractivity contribution in [3.05, 3.63) is 52.7 Å². The average molecular weight is 316 g/mol. The summed E-state index contributed by atoms with van der Waals surface area (Å²) in [7, 11) is 0. The lowest BCUT2D eigenvalue weighted by molar-refractivity contribution is 0.225. The molecule has 2 rings (SSSR count). The van der Waals surface area contributed by atoms with Crippen molar-refractivity contribution in [1.29, 1.82) is 0 Å². The second-order valence-electron chi connectivity index (χ2n) is 5.01. The highest BCUT2D eigenvalue weighted by molar-refractivity contribution is 7.07. The molecule has 5 heteroatoms. The molecule has 4 nitrogen and oxygen atoms in total. The minimum atomic E-state index is 0.275. The van der Waals surface area contributed by atoms with Crippen LogP contribution in [0.2, 0.25) is 0 Å². The summed E-state index contributed by atoms with van der Waals surface area (Å²) in [5, 5.41) is 7.44. The molecular weight excluding hydrogens is 292 g/mol. The van der Waals surface area contributed by atoms with Crippen LogP contribution in [0.3, 0.4) is 0 Å². The largest absolute Gasteiger partial charge is 0.370 e. The van der Waals surface area contributed by atoms with E-state index in [1.54, 1.807) is 11.3 Å². The molecule has 2 aromatic rings. The highest BCUT2D eigenvalue weighted by Gasteiger charge is 2.18. The van der Waals surface area contributed by atoms with Crippen LogP contribution in [0.15, 0.2) is 52.2 Å². The molecule has 0 aliphatic heterocycles. The third-order valence-electron chi connectivity index (χ3n) is 3.66. The van der Waals surface area contributed by atoms with E-state index < -0.39 is 0 Å². The Balaban J connectivity index is 2.05. The van der Waals surface area contributed by atoms with Crippen LogP contribution in [-0.4, -0.2) is 30.5 Å². The number of guanidine groups is 1. The molecule has 1 atom stereocenters. The van der Waals surface area contributed by atoms with Crippen LogP contribution in [0.5, 0.6) is 0 Å². The van der Waals surface area contributed by atoms with Crippen molar-refractivity contribution in [3.8, 4) is 0 Å². The van der Waals surface area contributed by atoms with Crippen molar-refractivity contribution in [2.45, 2.75) is 19.9 Å². The Hall–Kier alpha value is -1.85. The fourth-order valence-electron chi connectivity index (χ4n) is 2.45. The van der Waals surface area contributed by atoms with Crippen LogP contribution in [0, 0.1) is 0 Å². The number of thiophene rings is 1. The van der Waals surface area contributed by atoms with Gasteiger partial charge in [-0.15, -0.1) is 0 Å². The smallest absolute Gasteiger partial charge is 0.193 e.